The van der Waals surface area contributed by atoms with Gasteiger partial charge in [0.1, 0.15) is 6.04 Å². The summed E-state index contributed by atoms with van der Waals surface area (Å²) in [6.45, 7) is 3.21. The van der Waals surface area contributed by atoms with Crippen LogP contribution in [-0.2, 0) is 18.4 Å². The first-order chi connectivity index (χ1) is 9.45. The standard InChI is InChI=1S/C12H25FNO5P/c1-4-18-20(17,19-5-2)10(7-6-8-13)9-11(14-3)12(15)16/h10-11,14H,4-9H2,1-3H3,(H,15,16)/t10?,11-/m0/s1. The first kappa shape index (κ1) is 19.5. The topological polar surface area (TPSA) is 84.9 Å². The van der Waals surface area contributed by atoms with E-state index in [1.54, 1.807) is 13.8 Å². The van der Waals surface area contributed by atoms with Crippen molar-refractivity contribution in [2.24, 2.45) is 0 Å². The Morgan fingerprint density at radius 1 is 1.35 bits per heavy atom. The third-order valence-corrected chi connectivity index (χ3v) is 5.49. The van der Waals surface area contributed by atoms with Gasteiger partial charge in [-0.15, -0.1) is 0 Å². The van der Waals surface area contributed by atoms with E-state index in [-0.39, 0.29) is 32.5 Å². The predicted octanol–water partition coefficient (Wildman–Crippen LogP) is 2.43. The summed E-state index contributed by atoms with van der Waals surface area (Å²) in [6.07, 6.45) is 0.535. The van der Waals surface area contributed by atoms with Crippen molar-refractivity contribution in [1.82, 2.24) is 5.32 Å². The summed E-state index contributed by atoms with van der Waals surface area (Å²) < 4.78 is 35.6. The van der Waals surface area contributed by atoms with Crippen molar-refractivity contribution < 1.29 is 27.9 Å². The number of rotatable bonds is 12. The van der Waals surface area contributed by atoms with Crippen LogP contribution in [0.25, 0.3) is 0 Å². The Balaban J connectivity index is 5.07. The molecule has 0 amide bonds. The summed E-state index contributed by atoms with van der Waals surface area (Å²) in [5.41, 5.74) is -0.633. The van der Waals surface area contributed by atoms with Crippen molar-refractivity contribution in [2.75, 3.05) is 26.9 Å². The number of hydrogen-bond acceptors (Lipinski definition) is 5. The highest BCUT2D eigenvalue weighted by Gasteiger charge is 2.37. The minimum Gasteiger partial charge on any atom is -0.480 e. The van der Waals surface area contributed by atoms with Gasteiger partial charge in [0.2, 0.25) is 0 Å². The molecule has 0 fully saturated rings. The van der Waals surface area contributed by atoms with Gasteiger partial charge in [-0.05, 0) is 40.2 Å². The van der Waals surface area contributed by atoms with Crippen molar-refractivity contribution >= 4 is 13.6 Å². The molecule has 0 saturated carbocycles. The summed E-state index contributed by atoms with van der Waals surface area (Å²) >= 11 is 0. The van der Waals surface area contributed by atoms with Gasteiger partial charge in [-0.3, -0.25) is 13.8 Å². The maximum Gasteiger partial charge on any atom is 0.333 e. The molecule has 0 aliphatic rings. The molecular formula is C12H25FNO5P. The first-order valence-electron chi connectivity index (χ1n) is 6.79. The fourth-order valence-electron chi connectivity index (χ4n) is 1.94. The number of carboxylic acids is 1. The molecule has 2 N–H and O–H groups in total. The van der Waals surface area contributed by atoms with Crippen LogP contribution < -0.4 is 5.32 Å². The lowest BCUT2D eigenvalue weighted by molar-refractivity contribution is -0.139. The van der Waals surface area contributed by atoms with Crippen LogP contribution in [0.4, 0.5) is 4.39 Å². The Morgan fingerprint density at radius 3 is 2.25 bits per heavy atom. The summed E-state index contributed by atoms with van der Waals surface area (Å²) in [4.78, 5) is 11.1. The minimum atomic E-state index is -3.44. The van der Waals surface area contributed by atoms with Crippen LogP contribution in [-0.4, -0.2) is 49.7 Å². The largest absolute Gasteiger partial charge is 0.480 e. The third kappa shape index (κ3) is 6.31. The Kier molecular flexibility index (Phi) is 10.0. The number of likely N-dealkylation sites (N-methyl/N-ethyl adjacent to an activating group) is 1. The molecule has 0 aromatic rings. The number of nitrogens with one attached hydrogen (secondary N) is 1. The van der Waals surface area contributed by atoms with Crippen molar-refractivity contribution in [3.8, 4) is 0 Å². The number of alkyl halides is 1. The molecule has 1 unspecified atom stereocenters. The SMILES string of the molecule is CCOP(=O)(OCC)C(CCCF)C[C@H](NC)C(=O)O. The van der Waals surface area contributed by atoms with E-state index in [9.17, 15) is 13.8 Å². The molecule has 0 spiro atoms. The van der Waals surface area contributed by atoms with Crippen LogP contribution in [0.3, 0.4) is 0 Å². The monoisotopic (exact) mass is 313 g/mol. The van der Waals surface area contributed by atoms with E-state index in [1.807, 2.05) is 0 Å². The average Bonchev–Trinajstić information content (AvgIpc) is 2.39. The van der Waals surface area contributed by atoms with E-state index in [2.05, 4.69) is 5.32 Å². The molecule has 0 aromatic heterocycles. The third-order valence-electron chi connectivity index (χ3n) is 2.89. The number of hydrogen-bond donors (Lipinski definition) is 2. The van der Waals surface area contributed by atoms with Gasteiger partial charge in [-0.25, -0.2) is 0 Å². The lowest BCUT2D eigenvalue weighted by Crippen LogP contribution is -2.37. The zero-order valence-corrected chi connectivity index (χ0v) is 13.2. The lowest BCUT2D eigenvalue weighted by Gasteiger charge is -2.28. The van der Waals surface area contributed by atoms with Crippen LogP contribution in [0.15, 0.2) is 0 Å². The normalized spacial score (nSPS) is 15.0. The number of aliphatic carboxylic acids is 1. The van der Waals surface area contributed by atoms with Crippen molar-refractivity contribution in [3.05, 3.63) is 0 Å². The zero-order valence-electron chi connectivity index (χ0n) is 12.3. The smallest absolute Gasteiger partial charge is 0.333 e. The summed E-state index contributed by atoms with van der Waals surface area (Å²) in [6, 6.07) is -0.867. The van der Waals surface area contributed by atoms with Crippen LogP contribution in [0.1, 0.15) is 33.1 Å². The molecule has 0 radical (unpaired) electrons. The average molecular weight is 313 g/mol. The van der Waals surface area contributed by atoms with Crippen LogP contribution in [0, 0.1) is 0 Å². The van der Waals surface area contributed by atoms with Crippen molar-refractivity contribution in [1.29, 1.82) is 0 Å². The van der Waals surface area contributed by atoms with Gasteiger partial charge < -0.3 is 19.5 Å². The molecule has 0 rings (SSSR count). The van der Waals surface area contributed by atoms with E-state index >= 15 is 0 Å². The van der Waals surface area contributed by atoms with Gasteiger partial charge in [0, 0.05) is 0 Å². The second-order valence-electron chi connectivity index (χ2n) is 4.28. The van der Waals surface area contributed by atoms with Gasteiger partial charge in [0.25, 0.3) is 0 Å². The van der Waals surface area contributed by atoms with Gasteiger partial charge in [-0.1, -0.05) is 0 Å². The molecule has 6 nitrogen and oxygen atoms in total. The van der Waals surface area contributed by atoms with Gasteiger partial charge in [-0.2, -0.15) is 0 Å². The van der Waals surface area contributed by atoms with E-state index in [4.69, 9.17) is 14.2 Å². The molecule has 2 atom stereocenters. The Labute approximate surface area is 119 Å². The predicted molar refractivity (Wildman–Crippen MR) is 75.0 cm³/mol. The van der Waals surface area contributed by atoms with Crippen LogP contribution in [0.2, 0.25) is 0 Å². The molecule has 0 bridgehead atoms. The van der Waals surface area contributed by atoms with Crippen LogP contribution in [0.5, 0.6) is 0 Å². The van der Waals surface area contributed by atoms with E-state index in [0.29, 0.717) is 0 Å². The number of carboxylic acid groups (broad SMARTS) is 1. The van der Waals surface area contributed by atoms with Crippen LogP contribution >= 0.6 is 7.60 Å². The summed E-state index contributed by atoms with van der Waals surface area (Å²) in [5, 5.41) is 11.7. The summed E-state index contributed by atoms with van der Waals surface area (Å²) in [5.74, 6) is -1.04. The highest BCUT2D eigenvalue weighted by Crippen LogP contribution is 2.56. The fraction of sp³-hybridized carbons (Fsp3) is 0.917. The molecule has 0 saturated heterocycles. The second kappa shape index (κ2) is 10.3. The van der Waals surface area contributed by atoms with Crippen molar-refractivity contribution in [3.63, 3.8) is 0 Å². The van der Waals surface area contributed by atoms with Gasteiger partial charge in [0.15, 0.2) is 0 Å². The second-order valence-corrected chi connectivity index (χ2v) is 6.60. The number of halogens is 1. The van der Waals surface area contributed by atoms with E-state index in [0.717, 1.165) is 0 Å². The molecule has 0 aliphatic carbocycles. The molecule has 20 heavy (non-hydrogen) atoms. The molecular weight excluding hydrogens is 288 g/mol. The Morgan fingerprint density at radius 2 is 1.90 bits per heavy atom. The van der Waals surface area contributed by atoms with E-state index in [1.165, 1.54) is 7.05 Å². The molecule has 0 aliphatic heterocycles. The fourth-order valence-corrected chi connectivity index (χ4v) is 4.12. The highest BCUT2D eigenvalue weighted by molar-refractivity contribution is 7.54. The Hall–Kier alpha value is -0.490. The van der Waals surface area contributed by atoms with Crippen molar-refractivity contribution in [2.45, 2.75) is 44.8 Å². The Bertz CT molecular complexity index is 319. The zero-order chi connectivity index (χ0) is 15.6. The minimum absolute atomic E-state index is 0.0725. The number of carbonyl (C=O) groups is 1. The maximum atomic E-state index is 12.7. The maximum absolute atomic E-state index is 12.7. The first-order valence-corrected chi connectivity index (χ1v) is 8.41. The molecule has 0 heterocycles. The molecule has 0 aromatic carbocycles. The lowest BCUT2D eigenvalue weighted by atomic mass is 10.1. The van der Waals surface area contributed by atoms with E-state index < -0.39 is 31.9 Å². The highest BCUT2D eigenvalue weighted by atomic mass is 31.2. The summed E-state index contributed by atoms with van der Waals surface area (Å²) in [7, 11) is -1.92. The van der Waals surface area contributed by atoms with Gasteiger partial charge >= 0.3 is 13.6 Å². The molecule has 8 heteroatoms. The quantitative estimate of drug-likeness (QED) is 0.538. The molecule has 120 valence electrons. The van der Waals surface area contributed by atoms with Gasteiger partial charge in [0.05, 0.1) is 25.5 Å².